The molecule has 1 N–H and O–H groups in total. The number of anilines is 1. The van der Waals surface area contributed by atoms with Crippen molar-refractivity contribution in [1.82, 2.24) is 24.5 Å². The van der Waals surface area contributed by atoms with Crippen molar-refractivity contribution in [3.63, 3.8) is 0 Å². The molecule has 2 unspecified atom stereocenters. The van der Waals surface area contributed by atoms with Crippen molar-refractivity contribution in [2.45, 2.75) is 37.8 Å². The van der Waals surface area contributed by atoms with Crippen LogP contribution in [-0.2, 0) is 0 Å². The van der Waals surface area contributed by atoms with E-state index in [0.29, 0.717) is 17.0 Å². The molecular formula is C13H17ClN6. The van der Waals surface area contributed by atoms with E-state index in [2.05, 4.69) is 25.3 Å². The molecule has 0 bridgehead atoms. The standard InChI is InChI=1S/C13H17ClN6/c14-11-7-12(20-13(18-11)15-8-16-20)17-9-3-5-19-4-1-2-10(19)6-9/h7-10,17H,1-6H2. The highest BCUT2D eigenvalue weighted by Gasteiger charge is 2.31. The van der Waals surface area contributed by atoms with Crippen LogP contribution in [0.3, 0.4) is 0 Å². The molecule has 2 aliphatic heterocycles. The second-order valence-corrected chi connectivity index (χ2v) is 6.02. The first-order valence-corrected chi connectivity index (χ1v) is 7.54. The Balaban J connectivity index is 1.56. The van der Waals surface area contributed by atoms with Gasteiger partial charge in [0, 0.05) is 24.7 Å². The van der Waals surface area contributed by atoms with Crippen LogP contribution in [0.25, 0.3) is 5.78 Å². The fraction of sp³-hybridized carbons (Fsp3) is 0.615. The van der Waals surface area contributed by atoms with Crippen LogP contribution in [0.15, 0.2) is 12.4 Å². The number of aromatic nitrogens is 4. The van der Waals surface area contributed by atoms with Gasteiger partial charge in [-0.15, -0.1) is 0 Å². The molecule has 106 valence electrons. The van der Waals surface area contributed by atoms with E-state index in [1.807, 2.05) is 6.07 Å². The average molecular weight is 293 g/mol. The number of fused-ring (bicyclic) bond motifs is 2. The Bertz CT molecular complexity index is 626. The quantitative estimate of drug-likeness (QED) is 0.856. The third-order valence-electron chi connectivity index (χ3n) is 4.39. The van der Waals surface area contributed by atoms with Crippen LogP contribution in [0.2, 0.25) is 5.15 Å². The summed E-state index contributed by atoms with van der Waals surface area (Å²) in [6, 6.07) is 3.04. The van der Waals surface area contributed by atoms with E-state index in [4.69, 9.17) is 11.6 Å². The van der Waals surface area contributed by atoms with Gasteiger partial charge in [-0.3, -0.25) is 0 Å². The highest BCUT2D eigenvalue weighted by Crippen LogP contribution is 2.28. The monoisotopic (exact) mass is 292 g/mol. The number of rotatable bonds is 2. The highest BCUT2D eigenvalue weighted by molar-refractivity contribution is 6.29. The maximum Gasteiger partial charge on any atom is 0.255 e. The molecule has 0 amide bonds. The first-order valence-electron chi connectivity index (χ1n) is 7.16. The van der Waals surface area contributed by atoms with Crippen molar-refractivity contribution in [2.75, 3.05) is 18.4 Å². The van der Waals surface area contributed by atoms with Gasteiger partial charge in [-0.1, -0.05) is 11.6 Å². The number of hydrogen-bond acceptors (Lipinski definition) is 5. The Morgan fingerprint density at radius 1 is 1.30 bits per heavy atom. The van der Waals surface area contributed by atoms with Crippen LogP contribution in [-0.4, -0.2) is 49.7 Å². The van der Waals surface area contributed by atoms with Crippen LogP contribution in [0.4, 0.5) is 5.82 Å². The molecule has 0 saturated carbocycles. The third-order valence-corrected chi connectivity index (χ3v) is 4.59. The van der Waals surface area contributed by atoms with Crippen molar-refractivity contribution in [1.29, 1.82) is 0 Å². The fourth-order valence-electron chi connectivity index (χ4n) is 3.45. The fourth-order valence-corrected chi connectivity index (χ4v) is 3.63. The van der Waals surface area contributed by atoms with Gasteiger partial charge in [0.15, 0.2) is 0 Å². The van der Waals surface area contributed by atoms with Crippen molar-refractivity contribution in [2.24, 2.45) is 0 Å². The average Bonchev–Trinajstić information content (AvgIpc) is 3.05. The number of nitrogens with one attached hydrogen (secondary N) is 1. The third kappa shape index (κ3) is 2.13. The molecule has 2 aromatic rings. The summed E-state index contributed by atoms with van der Waals surface area (Å²) in [7, 11) is 0. The summed E-state index contributed by atoms with van der Waals surface area (Å²) in [5.41, 5.74) is 0. The highest BCUT2D eigenvalue weighted by atomic mass is 35.5. The van der Waals surface area contributed by atoms with Crippen molar-refractivity contribution in [3.8, 4) is 0 Å². The number of nitrogens with zero attached hydrogens (tertiary/aromatic N) is 5. The molecule has 2 fully saturated rings. The van der Waals surface area contributed by atoms with E-state index in [1.165, 1.54) is 38.7 Å². The van der Waals surface area contributed by atoms with Gasteiger partial charge in [0.25, 0.3) is 5.78 Å². The normalized spacial score (nSPS) is 26.9. The van der Waals surface area contributed by atoms with E-state index in [-0.39, 0.29) is 0 Å². The topological polar surface area (TPSA) is 58.4 Å². The minimum absolute atomic E-state index is 0.450. The minimum atomic E-state index is 0.450. The summed E-state index contributed by atoms with van der Waals surface area (Å²) < 4.78 is 1.72. The molecule has 2 aliphatic rings. The second kappa shape index (κ2) is 4.86. The SMILES string of the molecule is Clc1cc(NC2CCN3CCCC3C2)n2ncnc2n1. The molecular weight excluding hydrogens is 276 g/mol. The molecule has 7 heteroatoms. The summed E-state index contributed by atoms with van der Waals surface area (Å²) >= 11 is 6.05. The zero-order valence-electron chi connectivity index (χ0n) is 11.2. The van der Waals surface area contributed by atoms with Crippen LogP contribution < -0.4 is 5.32 Å². The van der Waals surface area contributed by atoms with E-state index in [0.717, 1.165) is 18.3 Å². The number of hydrogen-bond donors (Lipinski definition) is 1. The molecule has 0 spiro atoms. The zero-order chi connectivity index (χ0) is 13.5. The lowest BCUT2D eigenvalue weighted by atomic mass is 9.97. The predicted octanol–water partition coefficient (Wildman–Crippen LogP) is 1.82. The summed E-state index contributed by atoms with van der Waals surface area (Å²) in [6.07, 6.45) is 6.52. The van der Waals surface area contributed by atoms with Gasteiger partial charge in [-0.2, -0.15) is 19.6 Å². The second-order valence-electron chi connectivity index (χ2n) is 5.63. The Kier molecular flexibility index (Phi) is 3.00. The van der Waals surface area contributed by atoms with Gasteiger partial charge < -0.3 is 10.2 Å². The van der Waals surface area contributed by atoms with Gasteiger partial charge >= 0.3 is 0 Å². The molecule has 20 heavy (non-hydrogen) atoms. The smallest absolute Gasteiger partial charge is 0.255 e. The Morgan fingerprint density at radius 2 is 2.25 bits per heavy atom. The van der Waals surface area contributed by atoms with Crippen LogP contribution in [0.1, 0.15) is 25.7 Å². The van der Waals surface area contributed by atoms with E-state index >= 15 is 0 Å². The van der Waals surface area contributed by atoms with Gasteiger partial charge in [-0.25, -0.2) is 0 Å². The summed E-state index contributed by atoms with van der Waals surface area (Å²) in [6.45, 7) is 2.45. The lowest BCUT2D eigenvalue weighted by molar-refractivity contribution is 0.188. The molecule has 4 rings (SSSR count). The maximum absolute atomic E-state index is 6.05. The van der Waals surface area contributed by atoms with E-state index in [9.17, 15) is 0 Å². The molecule has 0 radical (unpaired) electrons. The molecule has 2 aromatic heterocycles. The van der Waals surface area contributed by atoms with Gasteiger partial charge in [0.05, 0.1) is 0 Å². The van der Waals surface area contributed by atoms with Gasteiger partial charge in [0.1, 0.15) is 17.3 Å². The molecule has 0 aliphatic carbocycles. The first-order chi connectivity index (χ1) is 9.79. The summed E-state index contributed by atoms with van der Waals surface area (Å²) in [5.74, 6) is 1.42. The number of halogens is 1. The summed E-state index contributed by atoms with van der Waals surface area (Å²) in [5, 5.41) is 8.23. The van der Waals surface area contributed by atoms with E-state index < -0.39 is 0 Å². The Labute approximate surface area is 122 Å². The minimum Gasteiger partial charge on any atom is -0.367 e. The van der Waals surface area contributed by atoms with Crippen LogP contribution in [0.5, 0.6) is 0 Å². The van der Waals surface area contributed by atoms with Crippen molar-refractivity contribution >= 4 is 23.2 Å². The Morgan fingerprint density at radius 3 is 3.20 bits per heavy atom. The first kappa shape index (κ1) is 12.3. The van der Waals surface area contributed by atoms with Gasteiger partial charge in [-0.05, 0) is 32.2 Å². The lowest BCUT2D eigenvalue weighted by Crippen LogP contribution is -2.43. The van der Waals surface area contributed by atoms with Crippen LogP contribution in [0, 0.1) is 0 Å². The van der Waals surface area contributed by atoms with Crippen LogP contribution >= 0.6 is 11.6 Å². The van der Waals surface area contributed by atoms with Crippen molar-refractivity contribution < 1.29 is 0 Å². The van der Waals surface area contributed by atoms with Gasteiger partial charge in [0.2, 0.25) is 0 Å². The maximum atomic E-state index is 6.05. The molecule has 2 saturated heterocycles. The molecule has 0 aromatic carbocycles. The van der Waals surface area contributed by atoms with E-state index in [1.54, 1.807) is 4.52 Å². The molecule has 4 heterocycles. The summed E-state index contributed by atoms with van der Waals surface area (Å²) in [4.78, 5) is 10.9. The Hall–Kier alpha value is -1.40. The zero-order valence-corrected chi connectivity index (χ0v) is 11.9. The van der Waals surface area contributed by atoms with Crippen molar-refractivity contribution in [3.05, 3.63) is 17.5 Å². The largest absolute Gasteiger partial charge is 0.367 e. The molecule has 6 nitrogen and oxygen atoms in total. The predicted molar refractivity (Wildman–Crippen MR) is 77.0 cm³/mol. The molecule has 2 atom stereocenters. The lowest BCUT2D eigenvalue weighted by Gasteiger charge is -2.35. The number of piperidine rings is 1.